The van der Waals surface area contributed by atoms with Gasteiger partial charge in [-0.1, -0.05) is 74.9 Å². The number of rotatable bonds is 4. The maximum absolute atomic E-state index is 11.9. The van der Waals surface area contributed by atoms with Crippen LogP contribution in [0.25, 0.3) is 6.08 Å². The Labute approximate surface area is 139 Å². The zero-order valence-corrected chi connectivity index (χ0v) is 14.4. The molecule has 0 aliphatic carbocycles. The Hall–Kier alpha value is -2.35. The molecule has 2 nitrogen and oxygen atoms in total. The molecule has 0 heterocycles. The van der Waals surface area contributed by atoms with Gasteiger partial charge < -0.3 is 5.32 Å². The van der Waals surface area contributed by atoms with Gasteiger partial charge in [0.15, 0.2) is 0 Å². The zero-order chi connectivity index (χ0) is 16.9. The molecule has 120 valence electrons. The van der Waals surface area contributed by atoms with Gasteiger partial charge >= 0.3 is 0 Å². The van der Waals surface area contributed by atoms with E-state index in [2.05, 4.69) is 45.1 Å². The first kappa shape index (κ1) is 17.0. The van der Waals surface area contributed by atoms with E-state index in [4.69, 9.17) is 0 Å². The van der Waals surface area contributed by atoms with Gasteiger partial charge in [-0.05, 0) is 35.1 Å². The minimum Gasteiger partial charge on any atom is -0.348 e. The summed E-state index contributed by atoms with van der Waals surface area (Å²) in [5.74, 6) is -0.0783. The summed E-state index contributed by atoms with van der Waals surface area (Å²) in [5, 5.41) is 2.90. The van der Waals surface area contributed by atoms with E-state index in [0.717, 1.165) is 11.1 Å². The smallest absolute Gasteiger partial charge is 0.244 e. The highest BCUT2D eigenvalue weighted by molar-refractivity contribution is 5.91. The Morgan fingerprint density at radius 3 is 2.17 bits per heavy atom. The topological polar surface area (TPSA) is 29.1 Å². The third-order valence-corrected chi connectivity index (χ3v) is 3.79. The van der Waals surface area contributed by atoms with Crippen molar-refractivity contribution in [1.82, 2.24) is 5.32 Å². The molecule has 0 fully saturated rings. The normalized spacial score (nSPS) is 11.7. The molecule has 1 amide bonds. The van der Waals surface area contributed by atoms with Crippen LogP contribution in [-0.4, -0.2) is 5.91 Å². The molecule has 0 radical (unpaired) electrons. The molecule has 0 aliphatic heterocycles. The van der Waals surface area contributed by atoms with Crippen LogP contribution in [0.4, 0.5) is 0 Å². The average Bonchev–Trinajstić information content (AvgIpc) is 2.52. The van der Waals surface area contributed by atoms with E-state index in [0.29, 0.717) is 6.54 Å². The number of hydrogen-bond acceptors (Lipinski definition) is 1. The molecule has 0 spiro atoms. The van der Waals surface area contributed by atoms with Crippen molar-refractivity contribution >= 4 is 12.0 Å². The fourth-order valence-corrected chi connectivity index (χ4v) is 2.22. The van der Waals surface area contributed by atoms with Gasteiger partial charge in [0.25, 0.3) is 0 Å². The lowest BCUT2D eigenvalue weighted by Gasteiger charge is -2.18. The standard InChI is InChI=1S/C21H25NO/c1-16-5-7-18(8-6-16)15-22-20(23)14-11-17-9-12-19(13-10-17)21(2,3)4/h5-14H,15H2,1-4H3,(H,22,23)/b14-11+. The Bertz CT molecular complexity index is 673. The number of benzene rings is 2. The number of aryl methyl sites for hydroxylation is 1. The van der Waals surface area contributed by atoms with Gasteiger partial charge in [-0.3, -0.25) is 4.79 Å². The fourth-order valence-electron chi connectivity index (χ4n) is 2.22. The first-order valence-corrected chi connectivity index (χ1v) is 7.96. The summed E-state index contributed by atoms with van der Waals surface area (Å²) in [4.78, 5) is 11.9. The first-order chi connectivity index (χ1) is 10.8. The van der Waals surface area contributed by atoms with E-state index in [1.165, 1.54) is 11.1 Å². The molecule has 0 aliphatic rings. The van der Waals surface area contributed by atoms with Crippen LogP contribution in [0.5, 0.6) is 0 Å². The summed E-state index contributed by atoms with van der Waals surface area (Å²) < 4.78 is 0. The zero-order valence-electron chi connectivity index (χ0n) is 14.4. The van der Waals surface area contributed by atoms with E-state index in [-0.39, 0.29) is 11.3 Å². The minimum absolute atomic E-state index is 0.0783. The number of nitrogens with one attached hydrogen (secondary N) is 1. The minimum atomic E-state index is -0.0783. The van der Waals surface area contributed by atoms with Crippen LogP contribution in [0.15, 0.2) is 54.6 Å². The van der Waals surface area contributed by atoms with Gasteiger partial charge in [0, 0.05) is 12.6 Å². The maximum Gasteiger partial charge on any atom is 0.244 e. The quantitative estimate of drug-likeness (QED) is 0.820. The lowest BCUT2D eigenvalue weighted by Crippen LogP contribution is -2.20. The Balaban J connectivity index is 1.89. The summed E-state index contributed by atoms with van der Waals surface area (Å²) >= 11 is 0. The third kappa shape index (κ3) is 5.41. The monoisotopic (exact) mass is 307 g/mol. The fraction of sp³-hybridized carbons (Fsp3) is 0.286. The lowest BCUT2D eigenvalue weighted by atomic mass is 9.87. The van der Waals surface area contributed by atoms with E-state index < -0.39 is 0 Å². The third-order valence-electron chi connectivity index (χ3n) is 3.79. The molecule has 23 heavy (non-hydrogen) atoms. The Kier molecular flexibility index (Phi) is 5.38. The van der Waals surface area contributed by atoms with Gasteiger partial charge in [0.1, 0.15) is 0 Å². The van der Waals surface area contributed by atoms with Crippen LogP contribution in [-0.2, 0) is 16.8 Å². The van der Waals surface area contributed by atoms with Crippen molar-refractivity contribution < 1.29 is 4.79 Å². The van der Waals surface area contributed by atoms with Gasteiger partial charge in [-0.2, -0.15) is 0 Å². The van der Waals surface area contributed by atoms with Crippen molar-refractivity contribution in [2.45, 2.75) is 39.7 Å². The van der Waals surface area contributed by atoms with E-state index in [1.807, 2.05) is 42.5 Å². The molecule has 0 unspecified atom stereocenters. The van der Waals surface area contributed by atoms with Crippen molar-refractivity contribution in [2.75, 3.05) is 0 Å². The summed E-state index contributed by atoms with van der Waals surface area (Å²) in [5.41, 5.74) is 4.79. The van der Waals surface area contributed by atoms with Crippen molar-refractivity contribution in [3.05, 3.63) is 76.9 Å². The van der Waals surface area contributed by atoms with Crippen molar-refractivity contribution in [3.63, 3.8) is 0 Å². The van der Waals surface area contributed by atoms with Crippen LogP contribution < -0.4 is 5.32 Å². The molecule has 2 heteroatoms. The summed E-state index contributed by atoms with van der Waals surface area (Å²) in [6.07, 6.45) is 3.43. The molecule has 0 bridgehead atoms. The number of carbonyl (C=O) groups is 1. The van der Waals surface area contributed by atoms with Crippen LogP contribution in [0.2, 0.25) is 0 Å². The van der Waals surface area contributed by atoms with Crippen LogP contribution in [0.3, 0.4) is 0 Å². The first-order valence-electron chi connectivity index (χ1n) is 7.96. The van der Waals surface area contributed by atoms with E-state index >= 15 is 0 Å². The molecule has 1 N–H and O–H groups in total. The molecule has 2 aromatic rings. The number of hydrogen-bond donors (Lipinski definition) is 1. The average molecular weight is 307 g/mol. The molecule has 2 aromatic carbocycles. The maximum atomic E-state index is 11.9. The van der Waals surface area contributed by atoms with Crippen LogP contribution in [0.1, 0.15) is 43.0 Å². The molecule has 0 saturated heterocycles. The molecule has 0 aromatic heterocycles. The lowest BCUT2D eigenvalue weighted by molar-refractivity contribution is -0.116. The number of carbonyl (C=O) groups excluding carboxylic acids is 1. The summed E-state index contributed by atoms with van der Waals surface area (Å²) in [6.45, 7) is 9.17. The predicted molar refractivity (Wildman–Crippen MR) is 97.2 cm³/mol. The highest BCUT2D eigenvalue weighted by atomic mass is 16.1. The second-order valence-corrected chi connectivity index (χ2v) is 6.91. The van der Waals surface area contributed by atoms with Gasteiger partial charge in [-0.15, -0.1) is 0 Å². The van der Waals surface area contributed by atoms with Crippen molar-refractivity contribution in [2.24, 2.45) is 0 Å². The highest BCUT2D eigenvalue weighted by Gasteiger charge is 2.12. The van der Waals surface area contributed by atoms with E-state index in [9.17, 15) is 4.79 Å². The SMILES string of the molecule is Cc1ccc(CNC(=O)/C=C/c2ccc(C(C)(C)C)cc2)cc1. The summed E-state index contributed by atoms with van der Waals surface area (Å²) in [7, 11) is 0. The van der Waals surface area contributed by atoms with Gasteiger partial charge in [0.05, 0.1) is 0 Å². The molecular formula is C21H25NO. The molecule has 0 saturated carbocycles. The van der Waals surface area contributed by atoms with Crippen LogP contribution >= 0.6 is 0 Å². The van der Waals surface area contributed by atoms with Gasteiger partial charge in [-0.25, -0.2) is 0 Å². The Morgan fingerprint density at radius 1 is 1.00 bits per heavy atom. The van der Waals surface area contributed by atoms with Gasteiger partial charge in [0.2, 0.25) is 5.91 Å². The highest BCUT2D eigenvalue weighted by Crippen LogP contribution is 2.22. The Morgan fingerprint density at radius 2 is 1.61 bits per heavy atom. The summed E-state index contributed by atoms with van der Waals surface area (Å²) in [6, 6.07) is 16.5. The largest absolute Gasteiger partial charge is 0.348 e. The van der Waals surface area contributed by atoms with Crippen molar-refractivity contribution in [3.8, 4) is 0 Å². The van der Waals surface area contributed by atoms with Crippen LogP contribution in [0, 0.1) is 6.92 Å². The second kappa shape index (κ2) is 7.28. The predicted octanol–water partition coefficient (Wildman–Crippen LogP) is 4.62. The van der Waals surface area contributed by atoms with Crippen molar-refractivity contribution in [1.29, 1.82) is 0 Å². The second-order valence-electron chi connectivity index (χ2n) is 6.91. The number of amides is 1. The molecule has 0 atom stereocenters. The molecule has 2 rings (SSSR count). The molecular weight excluding hydrogens is 282 g/mol. The van der Waals surface area contributed by atoms with E-state index in [1.54, 1.807) is 6.08 Å².